The third-order valence-corrected chi connectivity index (χ3v) is 6.63. The number of hydrogen-bond donors (Lipinski definition) is 2. The van der Waals surface area contributed by atoms with Crippen LogP contribution in [0.1, 0.15) is 30.9 Å². The third kappa shape index (κ3) is 7.81. The number of piperazine rings is 1. The largest absolute Gasteiger partial charge is 0.357 e. The lowest BCUT2D eigenvalue weighted by Gasteiger charge is -2.33. The topological polar surface area (TPSA) is 59.0 Å². The molecule has 186 valence electrons. The van der Waals surface area contributed by atoms with Crippen LogP contribution < -0.4 is 15.5 Å². The summed E-state index contributed by atoms with van der Waals surface area (Å²) in [4.78, 5) is 16.8. The Balaban J connectivity index is 0.00000324. The van der Waals surface area contributed by atoms with E-state index >= 15 is 0 Å². The van der Waals surface area contributed by atoms with E-state index in [2.05, 4.69) is 81.8 Å². The second-order valence-corrected chi connectivity index (χ2v) is 9.14. The summed E-state index contributed by atoms with van der Waals surface area (Å²) in [7, 11) is 2.18. The fourth-order valence-electron chi connectivity index (χ4n) is 4.61. The number of pyridine rings is 1. The molecule has 0 amide bonds. The Hall–Kier alpha value is -1.91. The number of nitrogens with zero attached hydrogens (tertiary/aromatic N) is 5. The molecule has 1 unspecified atom stereocenters. The number of hydrogen-bond acceptors (Lipinski definition) is 5. The van der Waals surface area contributed by atoms with Gasteiger partial charge >= 0.3 is 0 Å². The molecule has 1 aromatic carbocycles. The molecule has 8 heteroatoms. The molecule has 1 atom stereocenters. The van der Waals surface area contributed by atoms with Gasteiger partial charge in [-0.3, -0.25) is 4.90 Å². The molecule has 0 saturated carbocycles. The molecule has 2 aliphatic rings. The van der Waals surface area contributed by atoms with E-state index in [4.69, 9.17) is 9.98 Å². The van der Waals surface area contributed by atoms with Gasteiger partial charge in [-0.2, -0.15) is 0 Å². The van der Waals surface area contributed by atoms with E-state index < -0.39 is 0 Å². The highest BCUT2D eigenvalue weighted by molar-refractivity contribution is 14.0. The van der Waals surface area contributed by atoms with E-state index in [1.54, 1.807) is 0 Å². The molecule has 0 aliphatic carbocycles. The first-order valence-corrected chi connectivity index (χ1v) is 12.4. The minimum absolute atomic E-state index is 0. The zero-order chi connectivity index (χ0) is 22.9. The lowest BCUT2D eigenvalue weighted by atomic mass is 10.2. The van der Waals surface area contributed by atoms with Crippen molar-refractivity contribution in [1.82, 2.24) is 25.4 Å². The molecule has 0 spiro atoms. The Morgan fingerprint density at radius 2 is 1.79 bits per heavy atom. The number of halogens is 1. The number of anilines is 1. The Labute approximate surface area is 222 Å². The molecule has 3 heterocycles. The predicted molar refractivity (Wildman–Crippen MR) is 152 cm³/mol. The summed E-state index contributed by atoms with van der Waals surface area (Å²) in [5.74, 6) is 1.95. The Morgan fingerprint density at radius 1 is 1.00 bits per heavy atom. The first-order valence-electron chi connectivity index (χ1n) is 12.4. The quantitative estimate of drug-likeness (QED) is 0.286. The maximum absolute atomic E-state index is 4.82. The standard InChI is InChI=1S/C26H39N7.HI/c1-3-27-26(30-20-24-10-7-13-33(24)21-22-8-5-4-6-9-22)29-19-23-11-12-25(28-18-23)32-16-14-31(2)15-17-32;/h4-6,8-9,11-12,18,24H,3,7,10,13-17,19-21H2,1-2H3,(H2,27,29,30);1H. The van der Waals surface area contributed by atoms with Crippen LogP contribution in [0, 0.1) is 0 Å². The maximum atomic E-state index is 4.82. The van der Waals surface area contributed by atoms with E-state index in [0.29, 0.717) is 12.6 Å². The van der Waals surface area contributed by atoms with E-state index in [1.165, 1.54) is 24.9 Å². The van der Waals surface area contributed by atoms with Crippen LogP contribution in [-0.2, 0) is 13.1 Å². The van der Waals surface area contributed by atoms with Gasteiger partial charge in [-0.15, -0.1) is 24.0 Å². The first-order chi connectivity index (χ1) is 16.2. The number of guanidine groups is 1. The SMILES string of the molecule is CCNC(=NCc1ccc(N2CCN(C)CC2)nc1)NCC1CCCN1Cc1ccccc1.I. The van der Waals surface area contributed by atoms with E-state index in [-0.39, 0.29) is 24.0 Å². The molecule has 2 aliphatic heterocycles. The predicted octanol–water partition coefficient (Wildman–Crippen LogP) is 3.17. The highest BCUT2D eigenvalue weighted by Crippen LogP contribution is 2.19. The van der Waals surface area contributed by atoms with Gasteiger partial charge in [0.25, 0.3) is 0 Å². The number of aromatic nitrogens is 1. The summed E-state index contributed by atoms with van der Waals surface area (Å²) >= 11 is 0. The lowest BCUT2D eigenvalue weighted by molar-refractivity contribution is 0.245. The summed E-state index contributed by atoms with van der Waals surface area (Å²) in [6.45, 7) is 11.0. The average molecular weight is 578 g/mol. The van der Waals surface area contributed by atoms with Crippen molar-refractivity contribution in [1.29, 1.82) is 0 Å². The molecule has 7 nitrogen and oxygen atoms in total. The van der Waals surface area contributed by atoms with Gasteiger partial charge in [0, 0.05) is 58.1 Å². The second-order valence-electron chi connectivity index (χ2n) is 9.14. The summed E-state index contributed by atoms with van der Waals surface area (Å²) < 4.78 is 0. The van der Waals surface area contributed by atoms with Crippen molar-refractivity contribution >= 4 is 35.8 Å². The van der Waals surface area contributed by atoms with Crippen molar-refractivity contribution in [2.45, 2.75) is 38.9 Å². The number of likely N-dealkylation sites (tertiary alicyclic amines) is 1. The number of benzene rings is 1. The Bertz CT molecular complexity index is 866. The number of aliphatic imine (C=N–C) groups is 1. The Morgan fingerprint density at radius 3 is 2.50 bits per heavy atom. The summed E-state index contributed by atoms with van der Waals surface area (Å²) in [6.07, 6.45) is 4.47. The molecule has 34 heavy (non-hydrogen) atoms. The van der Waals surface area contributed by atoms with Crippen molar-refractivity contribution in [3.8, 4) is 0 Å². The van der Waals surface area contributed by atoms with Crippen LogP contribution in [0.4, 0.5) is 5.82 Å². The van der Waals surface area contributed by atoms with Crippen molar-refractivity contribution in [3.63, 3.8) is 0 Å². The lowest BCUT2D eigenvalue weighted by Crippen LogP contribution is -2.44. The van der Waals surface area contributed by atoms with Crippen molar-refractivity contribution in [3.05, 3.63) is 59.8 Å². The van der Waals surface area contributed by atoms with E-state index in [1.807, 2.05) is 6.20 Å². The van der Waals surface area contributed by atoms with Gasteiger partial charge in [0.1, 0.15) is 5.82 Å². The number of nitrogens with one attached hydrogen (secondary N) is 2. The van der Waals surface area contributed by atoms with Crippen LogP contribution in [0.2, 0.25) is 0 Å². The molecule has 1 aromatic heterocycles. The molecular weight excluding hydrogens is 537 g/mol. The van der Waals surface area contributed by atoms with Gasteiger partial charge in [0.15, 0.2) is 5.96 Å². The zero-order valence-corrected chi connectivity index (χ0v) is 22.9. The summed E-state index contributed by atoms with van der Waals surface area (Å²) in [5.41, 5.74) is 2.52. The fourth-order valence-corrected chi connectivity index (χ4v) is 4.61. The third-order valence-electron chi connectivity index (χ3n) is 6.63. The van der Waals surface area contributed by atoms with Crippen molar-refractivity contribution < 1.29 is 0 Å². The second kappa shape index (κ2) is 13.8. The van der Waals surface area contributed by atoms with Gasteiger partial charge in [-0.05, 0) is 50.6 Å². The Kier molecular flexibility index (Phi) is 10.9. The smallest absolute Gasteiger partial charge is 0.191 e. The maximum Gasteiger partial charge on any atom is 0.191 e. The van der Waals surface area contributed by atoms with Crippen LogP contribution in [0.3, 0.4) is 0 Å². The van der Waals surface area contributed by atoms with Crippen molar-refractivity contribution in [2.24, 2.45) is 4.99 Å². The highest BCUT2D eigenvalue weighted by atomic mass is 127. The van der Waals surface area contributed by atoms with Gasteiger partial charge in [0.2, 0.25) is 0 Å². The zero-order valence-electron chi connectivity index (χ0n) is 20.6. The highest BCUT2D eigenvalue weighted by Gasteiger charge is 2.24. The van der Waals surface area contributed by atoms with Gasteiger partial charge < -0.3 is 20.4 Å². The van der Waals surface area contributed by atoms with Gasteiger partial charge in [-0.1, -0.05) is 36.4 Å². The normalized spacial score (nSPS) is 19.6. The molecule has 2 N–H and O–H groups in total. The summed E-state index contributed by atoms with van der Waals surface area (Å²) in [6, 6.07) is 15.6. The first kappa shape index (κ1) is 26.7. The van der Waals surface area contributed by atoms with Gasteiger partial charge in [-0.25, -0.2) is 9.98 Å². The van der Waals surface area contributed by atoms with Crippen molar-refractivity contribution in [2.75, 3.05) is 57.8 Å². The number of likely N-dealkylation sites (N-methyl/N-ethyl adjacent to an activating group) is 1. The molecular formula is C26H40IN7. The molecule has 0 radical (unpaired) electrons. The minimum atomic E-state index is 0. The summed E-state index contributed by atoms with van der Waals surface area (Å²) in [5, 5.41) is 6.98. The van der Waals surface area contributed by atoms with Crippen LogP contribution in [0.5, 0.6) is 0 Å². The molecule has 2 saturated heterocycles. The average Bonchev–Trinajstić information content (AvgIpc) is 3.29. The van der Waals surface area contributed by atoms with Crippen LogP contribution in [0.15, 0.2) is 53.7 Å². The monoisotopic (exact) mass is 577 g/mol. The van der Waals surface area contributed by atoms with Gasteiger partial charge in [0.05, 0.1) is 6.54 Å². The molecule has 4 rings (SSSR count). The fraction of sp³-hybridized carbons (Fsp3) is 0.538. The van der Waals surface area contributed by atoms with Crippen LogP contribution in [0.25, 0.3) is 0 Å². The number of rotatable bonds is 8. The van der Waals surface area contributed by atoms with Crippen LogP contribution in [-0.4, -0.2) is 79.6 Å². The van der Waals surface area contributed by atoms with Crippen LogP contribution >= 0.6 is 24.0 Å². The molecule has 2 fully saturated rings. The molecule has 2 aromatic rings. The molecule has 0 bridgehead atoms. The minimum Gasteiger partial charge on any atom is -0.357 e. The van der Waals surface area contributed by atoms with E-state index in [9.17, 15) is 0 Å². The van der Waals surface area contributed by atoms with E-state index in [0.717, 1.165) is 63.2 Å².